The number of amides is 1. The van der Waals surface area contributed by atoms with Crippen molar-refractivity contribution >= 4 is 5.91 Å². The maximum Gasteiger partial charge on any atom is 0.223 e. The zero-order valence-electron chi connectivity index (χ0n) is 9.83. The molecule has 1 amide bonds. The van der Waals surface area contributed by atoms with Crippen molar-refractivity contribution in [2.75, 3.05) is 13.1 Å². The predicted octanol–water partition coefficient (Wildman–Crippen LogP) is 1.39. The Kier molecular flexibility index (Phi) is 3.29. The molecule has 15 heavy (non-hydrogen) atoms. The van der Waals surface area contributed by atoms with Crippen LogP contribution in [0.1, 0.15) is 39.5 Å². The fraction of sp³-hybridized carbons (Fsp3) is 0.917. The Bertz CT molecular complexity index is 226. The monoisotopic (exact) mass is 210 g/mol. The van der Waals surface area contributed by atoms with Gasteiger partial charge in [-0.3, -0.25) is 4.79 Å². The van der Waals surface area contributed by atoms with Gasteiger partial charge < -0.3 is 10.2 Å². The van der Waals surface area contributed by atoms with Crippen LogP contribution in [0.5, 0.6) is 0 Å². The first kappa shape index (κ1) is 10.9. The second kappa shape index (κ2) is 4.52. The van der Waals surface area contributed by atoms with Gasteiger partial charge in [-0.1, -0.05) is 0 Å². The van der Waals surface area contributed by atoms with Crippen molar-refractivity contribution < 1.29 is 4.79 Å². The lowest BCUT2D eigenvalue weighted by molar-refractivity contribution is -0.134. The van der Waals surface area contributed by atoms with E-state index in [1.54, 1.807) is 0 Å². The van der Waals surface area contributed by atoms with Gasteiger partial charge in [0.15, 0.2) is 0 Å². The first-order valence-corrected chi connectivity index (χ1v) is 6.20. The third kappa shape index (κ3) is 2.33. The number of carbonyl (C=O) groups excluding carboxylic acids is 1. The minimum absolute atomic E-state index is 0.376. The van der Waals surface area contributed by atoms with Gasteiger partial charge in [0, 0.05) is 18.5 Å². The molecule has 3 unspecified atom stereocenters. The molecule has 0 radical (unpaired) electrons. The molecule has 0 saturated carbocycles. The van der Waals surface area contributed by atoms with Crippen LogP contribution in [0.2, 0.25) is 0 Å². The molecule has 0 aliphatic carbocycles. The fourth-order valence-corrected chi connectivity index (χ4v) is 2.93. The van der Waals surface area contributed by atoms with Crippen LogP contribution in [0.3, 0.4) is 0 Å². The van der Waals surface area contributed by atoms with Crippen molar-refractivity contribution in [2.45, 2.75) is 51.6 Å². The van der Waals surface area contributed by atoms with E-state index in [2.05, 4.69) is 24.1 Å². The molecule has 2 rings (SSSR count). The van der Waals surface area contributed by atoms with Crippen molar-refractivity contribution in [1.82, 2.24) is 10.2 Å². The molecule has 0 aromatic heterocycles. The van der Waals surface area contributed by atoms with E-state index in [9.17, 15) is 4.79 Å². The molecule has 2 heterocycles. The van der Waals surface area contributed by atoms with Gasteiger partial charge in [-0.2, -0.15) is 0 Å². The summed E-state index contributed by atoms with van der Waals surface area (Å²) in [6, 6.07) is 0.920. The van der Waals surface area contributed by atoms with Crippen molar-refractivity contribution in [3.8, 4) is 0 Å². The Labute approximate surface area is 92.2 Å². The lowest BCUT2D eigenvalue weighted by Gasteiger charge is -2.27. The van der Waals surface area contributed by atoms with Gasteiger partial charge >= 0.3 is 0 Å². The van der Waals surface area contributed by atoms with E-state index < -0.39 is 0 Å². The summed E-state index contributed by atoms with van der Waals surface area (Å²) in [5, 5.41) is 3.32. The van der Waals surface area contributed by atoms with Gasteiger partial charge in [-0.15, -0.1) is 0 Å². The van der Waals surface area contributed by atoms with Crippen molar-refractivity contribution in [2.24, 2.45) is 5.92 Å². The van der Waals surface area contributed by atoms with Crippen LogP contribution in [0.4, 0.5) is 0 Å². The predicted molar refractivity (Wildman–Crippen MR) is 60.6 cm³/mol. The molecule has 3 atom stereocenters. The molecular formula is C12H22N2O. The van der Waals surface area contributed by atoms with Crippen molar-refractivity contribution in [1.29, 1.82) is 0 Å². The van der Waals surface area contributed by atoms with Crippen molar-refractivity contribution in [3.63, 3.8) is 0 Å². The van der Waals surface area contributed by atoms with Gasteiger partial charge in [-0.05, 0) is 52.1 Å². The van der Waals surface area contributed by atoms with Crippen LogP contribution in [-0.2, 0) is 4.79 Å². The molecule has 2 fully saturated rings. The Morgan fingerprint density at radius 1 is 1.27 bits per heavy atom. The highest BCUT2D eigenvalue weighted by atomic mass is 16.2. The van der Waals surface area contributed by atoms with E-state index >= 15 is 0 Å². The molecule has 2 aliphatic rings. The van der Waals surface area contributed by atoms with Crippen LogP contribution in [0, 0.1) is 5.92 Å². The smallest absolute Gasteiger partial charge is 0.223 e. The van der Waals surface area contributed by atoms with Crippen LogP contribution in [0.25, 0.3) is 0 Å². The summed E-state index contributed by atoms with van der Waals surface area (Å²) in [7, 11) is 0. The first-order chi connectivity index (χ1) is 7.18. The number of hydrogen-bond donors (Lipinski definition) is 1. The second-order valence-corrected chi connectivity index (χ2v) is 5.14. The first-order valence-electron chi connectivity index (χ1n) is 6.20. The lowest BCUT2D eigenvalue weighted by Crippen LogP contribution is -2.39. The zero-order valence-corrected chi connectivity index (χ0v) is 9.83. The summed E-state index contributed by atoms with van der Waals surface area (Å²) >= 11 is 0. The van der Waals surface area contributed by atoms with Crippen LogP contribution in [-0.4, -0.2) is 36.0 Å². The molecule has 3 nitrogen and oxygen atoms in total. The average molecular weight is 210 g/mol. The lowest BCUT2D eigenvalue weighted by atomic mass is 10.0. The number of hydrogen-bond acceptors (Lipinski definition) is 2. The van der Waals surface area contributed by atoms with Gasteiger partial charge in [-0.25, -0.2) is 0 Å². The van der Waals surface area contributed by atoms with E-state index in [-0.39, 0.29) is 0 Å². The van der Waals surface area contributed by atoms with Crippen LogP contribution >= 0.6 is 0 Å². The summed E-state index contributed by atoms with van der Waals surface area (Å²) in [5.74, 6) is 0.957. The van der Waals surface area contributed by atoms with Crippen LogP contribution < -0.4 is 5.32 Å². The number of nitrogens with zero attached hydrogens (tertiary/aromatic N) is 1. The number of nitrogens with one attached hydrogen (secondary N) is 1. The molecular weight excluding hydrogens is 188 g/mol. The highest BCUT2D eigenvalue weighted by molar-refractivity contribution is 5.77. The van der Waals surface area contributed by atoms with E-state index in [0.717, 1.165) is 19.5 Å². The fourth-order valence-electron chi connectivity index (χ4n) is 2.93. The molecule has 2 aliphatic heterocycles. The van der Waals surface area contributed by atoms with Gasteiger partial charge in [0.1, 0.15) is 0 Å². The number of rotatable bonds is 2. The highest BCUT2D eigenvalue weighted by Gasteiger charge is 2.32. The summed E-state index contributed by atoms with van der Waals surface area (Å²) in [4.78, 5) is 14.2. The minimum Gasteiger partial charge on any atom is -0.337 e. The maximum atomic E-state index is 12.1. The third-order valence-electron chi connectivity index (χ3n) is 3.87. The largest absolute Gasteiger partial charge is 0.337 e. The number of likely N-dealkylation sites (tertiary alicyclic amines) is 1. The normalized spacial score (nSPS) is 36.1. The molecule has 0 aromatic rings. The SMILES string of the molecule is CC1CCC(C)N1C(=O)CC1CCNC1. The average Bonchev–Trinajstić information content (AvgIpc) is 2.77. The standard InChI is InChI=1S/C12H22N2O/c1-9-3-4-10(2)14(9)12(15)7-11-5-6-13-8-11/h9-11,13H,3-8H2,1-2H3. The number of carbonyl (C=O) groups is 1. The summed E-state index contributed by atoms with van der Waals surface area (Å²) in [6.45, 7) is 6.47. The Morgan fingerprint density at radius 3 is 2.47 bits per heavy atom. The van der Waals surface area contributed by atoms with E-state index in [1.807, 2.05) is 0 Å². The van der Waals surface area contributed by atoms with Gasteiger partial charge in [0.2, 0.25) is 5.91 Å². The topological polar surface area (TPSA) is 32.3 Å². The molecule has 2 saturated heterocycles. The summed E-state index contributed by atoms with van der Waals surface area (Å²) < 4.78 is 0. The van der Waals surface area contributed by atoms with E-state index in [0.29, 0.717) is 23.9 Å². The molecule has 0 bridgehead atoms. The molecule has 86 valence electrons. The minimum atomic E-state index is 0.376. The van der Waals surface area contributed by atoms with Crippen LogP contribution in [0.15, 0.2) is 0 Å². The van der Waals surface area contributed by atoms with Gasteiger partial charge in [0.25, 0.3) is 0 Å². The second-order valence-electron chi connectivity index (χ2n) is 5.14. The molecule has 3 heteroatoms. The summed E-state index contributed by atoms with van der Waals surface area (Å²) in [6.07, 6.45) is 4.27. The van der Waals surface area contributed by atoms with E-state index in [4.69, 9.17) is 0 Å². The highest BCUT2D eigenvalue weighted by Crippen LogP contribution is 2.26. The zero-order chi connectivity index (χ0) is 10.8. The quantitative estimate of drug-likeness (QED) is 0.747. The summed E-state index contributed by atoms with van der Waals surface area (Å²) in [5.41, 5.74) is 0. The van der Waals surface area contributed by atoms with Crippen molar-refractivity contribution in [3.05, 3.63) is 0 Å². The molecule has 0 spiro atoms. The van der Waals surface area contributed by atoms with E-state index in [1.165, 1.54) is 19.3 Å². The Hall–Kier alpha value is -0.570. The molecule has 0 aromatic carbocycles. The maximum absolute atomic E-state index is 12.1. The molecule has 1 N–H and O–H groups in total. The third-order valence-corrected chi connectivity index (χ3v) is 3.87. The Balaban J connectivity index is 1.88. The Morgan fingerprint density at radius 2 is 1.93 bits per heavy atom. The van der Waals surface area contributed by atoms with Gasteiger partial charge in [0.05, 0.1) is 0 Å².